The number of rotatable bonds is 4. The Hall–Kier alpha value is -3.47. The highest BCUT2D eigenvalue weighted by atomic mass is 79.9. The molecule has 5 heterocycles. The Labute approximate surface area is 222 Å². The first-order valence-corrected chi connectivity index (χ1v) is 13.6. The number of allylic oxidation sites excluding steroid dienone is 5. The second-order valence-corrected chi connectivity index (χ2v) is 10.7. The van der Waals surface area contributed by atoms with Crippen molar-refractivity contribution in [1.82, 2.24) is 30.1 Å². The lowest BCUT2D eigenvalue weighted by Crippen LogP contribution is -2.48. The Bertz CT molecular complexity index is 1400. The van der Waals surface area contributed by atoms with Gasteiger partial charge in [0.2, 0.25) is 5.91 Å². The normalized spacial score (nSPS) is 22.4. The number of anilines is 1. The monoisotopic (exact) mass is 564 g/mol. The molecule has 1 aliphatic carbocycles. The van der Waals surface area contributed by atoms with E-state index in [2.05, 4.69) is 49.9 Å². The smallest absolute Gasteiger partial charge is 0.315 e. The Morgan fingerprint density at radius 3 is 2.70 bits per heavy atom. The Morgan fingerprint density at radius 1 is 1.19 bits per heavy atom. The summed E-state index contributed by atoms with van der Waals surface area (Å²) in [4.78, 5) is 35.9. The van der Waals surface area contributed by atoms with Gasteiger partial charge in [0.25, 0.3) is 0 Å². The summed E-state index contributed by atoms with van der Waals surface area (Å²) in [6.07, 6.45) is 15.8. The number of urea groups is 1. The van der Waals surface area contributed by atoms with Crippen LogP contribution < -0.4 is 16.4 Å². The molecule has 3 aliphatic heterocycles. The van der Waals surface area contributed by atoms with Crippen molar-refractivity contribution in [2.45, 2.75) is 50.5 Å². The number of nitrogens with two attached hydrogens (primary N) is 1. The first kappa shape index (κ1) is 23.9. The van der Waals surface area contributed by atoms with Gasteiger partial charge >= 0.3 is 6.03 Å². The minimum Gasteiger partial charge on any atom is -0.383 e. The van der Waals surface area contributed by atoms with Gasteiger partial charge < -0.3 is 21.3 Å². The molecule has 6 rings (SSSR count). The van der Waals surface area contributed by atoms with E-state index in [4.69, 9.17) is 15.7 Å². The van der Waals surface area contributed by atoms with Gasteiger partial charge in [-0.25, -0.2) is 9.78 Å². The second-order valence-electron chi connectivity index (χ2n) is 9.87. The third-order valence-electron chi connectivity index (χ3n) is 7.59. The molecule has 0 bridgehead atoms. The Balaban J connectivity index is 1.23. The van der Waals surface area contributed by atoms with Gasteiger partial charge in [0, 0.05) is 43.0 Å². The van der Waals surface area contributed by atoms with Crippen LogP contribution in [0.1, 0.15) is 55.7 Å². The number of nitrogens with zero attached hydrogens (tertiary/aromatic N) is 5. The second kappa shape index (κ2) is 9.77. The molecule has 37 heavy (non-hydrogen) atoms. The zero-order chi connectivity index (χ0) is 25.5. The summed E-state index contributed by atoms with van der Waals surface area (Å²) in [7, 11) is 0. The number of aromatic nitrogens is 3. The summed E-state index contributed by atoms with van der Waals surface area (Å²) in [5, 5.41) is 9.86. The van der Waals surface area contributed by atoms with Gasteiger partial charge in [0.05, 0.1) is 16.4 Å². The summed E-state index contributed by atoms with van der Waals surface area (Å²) >= 11 is 3.66. The van der Waals surface area contributed by atoms with Gasteiger partial charge in [-0.1, -0.05) is 18.2 Å². The lowest BCUT2D eigenvalue weighted by molar-refractivity contribution is -0.133. The molecular weight excluding hydrogens is 536 g/mol. The van der Waals surface area contributed by atoms with Crippen LogP contribution in [0.5, 0.6) is 0 Å². The van der Waals surface area contributed by atoms with Crippen molar-refractivity contribution in [3.05, 3.63) is 51.9 Å². The number of likely N-dealkylation sites (tertiary alicyclic amines) is 1. The predicted octanol–water partition coefficient (Wildman–Crippen LogP) is 3.31. The Kier molecular flexibility index (Phi) is 6.31. The average molecular weight is 565 g/mol. The molecule has 1 unspecified atom stereocenters. The van der Waals surface area contributed by atoms with Crippen molar-refractivity contribution in [2.75, 3.05) is 25.4 Å². The van der Waals surface area contributed by atoms with E-state index in [-0.39, 0.29) is 17.9 Å². The highest BCUT2D eigenvalue weighted by molar-refractivity contribution is 9.10. The third-order valence-corrected chi connectivity index (χ3v) is 8.41. The van der Waals surface area contributed by atoms with Gasteiger partial charge in [-0.2, -0.15) is 9.61 Å². The van der Waals surface area contributed by atoms with Crippen LogP contribution in [0.2, 0.25) is 0 Å². The number of hydrogen-bond acceptors (Lipinski definition) is 6. The van der Waals surface area contributed by atoms with E-state index < -0.39 is 6.04 Å². The minimum absolute atomic E-state index is 0.0412. The molecule has 3 amide bonds. The number of piperidine rings is 1. The number of nitrogen functional groups attached to an aromatic ring is 1. The molecule has 4 N–H and O–H groups in total. The zero-order valence-corrected chi connectivity index (χ0v) is 22.0. The molecule has 2 fully saturated rings. The number of aliphatic imine (C=N–C) groups is 1. The number of halogens is 1. The largest absolute Gasteiger partial charge is 0.383 e. The van der Waals surface area contributed by atoms with E-state index in [1.165, 1.54) is 5.57 Å². The van der Waals surface area contributed by atoms with Crippen LogP contribution in [0.15, 0.2) is 45.7 Å². The predicted molar refractivity (Wildman–Crippen MR) is 145 cm³/mol. The van der Waals surface area contributed by atoms with E-state index in [0.29, 0.717) is 25.5 Å². The zero-order valence-electron chi connectivity index (χ0n) is 20.4. The number of fused-ring (bicyclic) bond motifs is 1. The molecule has 2 saturated heterocycles. The molecular formula is C26H29BrN8O2. The molecule has 0 spiro atoms. The van der Waals surface area contributed by atoms with Gasteiger partial charge in [0.1, 0.15) is 11.9 Å². The van der Waals surface area contributed by atoms with Crippen molar-refractivity contribution >= 4 is 50.6 Å². The SMILES string of the molecule is Nc1c(Br)c(C2CCN(C(=O)C3CNC(=O)N3)CC2)nc2c(C3=CN=C(C4=CCCC=C4)CC3)cnn12. The van der Waals surface area contributed by atoms with Crippen molar-refractivity contribution in [3.8, 4) is 0 Å². The van der Waals surface area contributed by atoms with Gasteiger partial charge in [-0.15, -0.1) is 0 Å². The molecule has 2 aromatic heterocycles. The highest BCUT2D eigenvalue weighted by Crippen LogP contribution is 2.37. The number of hydrogen-bond donors (Lipinski definition) is 3. The average Bonchev–Trinajstić information content (AvgIpc) is 3.57. The van der Waals surface area contributed by atoms with Crippen LogP contribution in [0, 0.1) is 0 Å². The molecule has 192 valence electrons. The molecule has 0 saturated carbocycles. The van der Waals surface area contributed by atoms with Crippen molar-refractivity contribution in [3.63, 3.8) is 0 Å². The summed E-state index contributed by atoms with van der Waals surface area (Å²) in [5.74, 6) is 0.628. The maximum Gasteiger partial charge on any atom is 0.315 e. The van der Waals surface area contributed by atoms with Crippen LogP contribution in [-0.4, -0.2) is 62.8 Å². The highest BCUT2D eigenvalue weighted by Gasteiger charge is 2.34. The van der Waals surface area contributed by atoms with E-state index in [0.717, 1.165) is 71.2 Å². The topological polar surface area (TPSA) is 130 Å². The minimum atomic E-state index is -0.493. The quantitative estimate of drug-likeness (QED) is 0.524. The summed E-state index contributed by atoms with van der Waals surface area (Å²) in [6, 6.07) is -0.785. The van der Waals surface area contributed by atoms with Gasteiger partial charge in [0.15, 0.2) is 5.65 Å². The van der Waals surface area contributed by atoms with E-state index in [9.17, 15) is 9.59 Å². The summed E-state index contributed by atoms with van der Waals surface area (Å²) in [5.41, 5.74) is 12.5. The van der Waals surface area contributed by atoms with E-state index in [1.54, 1.807) is 4.52 Å². The van der Waals surface area contributed by atoms with Crippen LogP contribution in [0.4, 0.5) is 10.6 Å². The van der Waals surface area contributed by atoms with E-state index in [1.807, 2.05) is 17.3 Å². The van der Waals surface area contributed by atoms with Gasteiger partial charge in [-0.3, -0.25) is 9.79 Å². The maximum absolute atomic E-state index is 12.8. The van der Waals surface area contributed by atoms with E-state index >= 15 is 0 Å². The molecule has 2 aromatic rings. The fraction of sp³-hybridized carbons (Fsp3) is 0.423. The van der Waals surface area contributed by atoms with Crippen LogP contribution in [0.25, 0.3) is 11.2 Å². The first-order valence-electron chi connectivity index (χ1n) is 12.8. The van der Waals surface area contributed by atoms with Crippen LogP contribution in [-0.2, 0) is 4.79 Å². The summed E-state index contributed by atoms with van der Waals surface area (Å²) in [6.45, 7) is 1.54. The molecule has 11 heteroatoms. The summed E-state index contributed by atoms with van der Waals surface area (Å²) < 4.78 is 2.43. The molecule has 0 aromatic carbocycles. The Morgan fingerprint density at radius 2 is 2.03 bits per heavy atom. The molecule has 10 nitrogen and oxygen atoms in total. The number of amides is 3. The molecule has 0 radical (unpaired) electrons. The lowest BCUT2D eigenvalue weighted by atomic mass is 9.92. The van der Waals surface area contributed by atoms with Crippen molar-refractivity contribution in [1.29, 1.82) is 0 Å². The number of carbonyl (C=O) groups is 2. The standard InChI is InChI=1S/C26H29BrN8O2/c27-21-22(16-8-10-34(11-9-16)25(36)20-14-30-26(37)32-20)33-24-18(13-31-35(24)23(21)28)17-6-7-19(29-12-17)15-4-2-1-3-5-15/h2,4-5,12-13,16,20H,1,3,6-11,14,28H2,(H2,30,32,37). The molecule has 4 aliphatic rings. The van der Waals surface area contributed by atoms with Crippen molar-refractivity contribution in [2.24, 2.45) is 4.99 Å². The third kappa shape index (κ3) is 4.45. The fourth-order valence-corrected chi connectivity index (χ4v) is 6.08. The number of nitrogens with one attached hydrogen (secondary N) is 2. The number of carbonyl (C=O) groups excluding carboxylic acids is 2. The maximum atomic E-state index is 12.8. The molecule has 1 atom stereocenters. The lowest BCUT2D eigenvalue weighted by Gasteiger charge is -2.33. The van der Waals surface area contributed by atoms with Crippen molar-refractivity contribution < 1.29 is 9.59 Å². The fourth-order valence-electron chi connectivity index (χ4n) is 5.50. The van der Waals surface area contributed by atoms with Crippen LogP contribution >= 0.6 is 15.9 Å². The van der Waals surface area contributed by atoms with Gasteiger partial charge in [-0.05, 0) is 65.6 Å². The van der Waals surface area contributed by atoms with Crippen LogP contribution in [0.3, 0.4) is 0 Å². The first-order chi connectivity index (χ1) is 18.0.